The number of rotatable bonds is 10. The number of carbonyl (C=O) groups is 1. The molecular weight excluding hydrogens is 428 g/mol. The van der Waals surface area contributed by atoms with E-state index in [1.54, 1.807) is 25.3 Å². The van der Waals surface area contributed by atoms with Gasteiger partial charge in [-0.15, -0.1) is 0 Å². The van der Waals surface area contributed by atoms with Crippen LogP contribution in [0.4, 0.5) is 0 Å². The lowest BCUT2D eigenvalue weighted by atomic mass is 10.1. The van der Waals surface area contributed by atoms with Crippen LogP contribution < -0.4 is 14.8 Å². The lowest BCUT2D eigenvalue weighted by Gasteiger charge is -2.26. The van der Waals surface area contributed by atoms with Crippen molar-refractivity contribution in [3.05, 3.63) is 53.6 Å². The Kier molecular flexibility index (Phi) is 8.53. The molecule has 0 unspecified atom stereocenters. The molecule has 1 fully saturated rings. The first kappa shape index (κ1) is 24.1. The van der Waals surface area contributed by atoms with Crippen molar-refractivity contribution in [1.82, 2.24) is 9.62 Å². The number of carbonyl (C=O) groups excluding carboxylic acids is 1. The van der Waals surface area contributed by atoms with Gasteiger partial charge in [-0.2, -0.15) is 4.31 Å². The van der Waals surface area contributed by atoms with Gasteiger partial charge in [0.15, 0.2) is 11.5 Å². The zero-order valence-corrected chi connectivity index (χ0v) is 19.6. The van der Waals surface area contributed by atoms with Crippen LogP contribution in [0.1, 0.15) is 54.9 Å². The third-order valence-corrected chi connectivity index (χ3v) is 7.46. The Balaban J connectivity index is 1.72. The summed E-state index contributed by atoms with van der Waals surface area (Å²) in [5, 5.41) is 2.84. The molecule has 8 heteroatoms. The largest absolute Gasteiger partial charge is 0.493 e. The van der Waals surface area contributed by atoms with Crippen LogP contribution in [-0.2, 0) is 16.6 Å². The third kappa shape index (κ3) is 5.81. The van der Waals surface area contributed by atoms with Gasteiger partial charge in [0.25, 0.3) is 5.91 Å². The minimum absolute atomic E-state index is 0.0525. The minimum Gasteiger partial charge on any atom is -0.493 e. The number of ether oxygens (including phenoxy) is 2. The molecule has 3 rings (SSSR count). The molecule has 0 atom stereocenters. The van der Waals surface area contributed by atoms with Crippen molar-refractivity contribution < 1.29 is 22.7 Å². The Morgan fingerprint density at radius 1 is 1.06 bits per heavy atom. The Morgan fingerprint density at radius 3 is 2.53 bits per heavy atom. The molecule has 0 aliphatic carbocycles. The molecular formula is C24H32N2O5S. The predicted octanol–water partition coefficient (Wildman–Crippen LogP) is 3.98. The highest BCUT2D eigenvalue weighted by atomic mass is 32.2. The van der Waals surface area contributed by atoms with Crippen molar-refractivity contribution in [2.75, 3.05) is 26.8 Å². The van der Waals surface area contributed by atoms with E-state index in [9.17, 15) is 13.2 Å². The third-order valence-electron chi connectivity index (χ3n) is 5.50. The fourth-order valence-electron chi connectivity index (χ4n) is 3.67. The number of unbranched alkanes of at least 4 members (excludes halogenated alkanes) is 1. The zero-order chi connectivity index (χ0) is 23.0. The summed E-state index contributed by atoms with van der Waals surface area (Å²) in [6.07, 6.45) is 4.71. The van der Waals surface area contributed by atoms with Gasteiger partial charge in [-0.1, -0.05) is 38.0 Å². The molecule has 2 aromatic carbocycles. The van der Waals surface area contributed by atoms with Gasteiger partial charge in [0, 0.05) is 19.6 Å². The zero-order valence-electron chi connectivity index (χ0n) is 18.8. The summed E-state index contributed by atoms with van der Waals surface area (Å²) in [4.78, 5) is 13.0. The molecule has 0 spiro atoms. The van der Waals surface area contributed by atoms with Gasteiger partial charge in [0.2, 0.25) is 10.0 Å². The first-order valence-corrected chi connectivity index (χ1v) is 12.6. The number of hydrogen-bond acceptors (Lipinski definition) is 5. The van der Waals surface area contributed by atoms with E-state index in [4.69, 9.17) is 9.47 Å². The minimum atomic E-state index is -3.71. The molecule has 1 aliphatic rings. The predicted molar refractivity (Wildman–Crippen MR) is 124 cm³/mol. The van der Waals surface area contributed by atoms with Gasteiger partial charge in [0.05, 0.1) is 24.2 Å². The Bertz CT molecular complexity index is 1020. The monoisotopic (exact) mass is 460 g/mol. The van der Waals surface area contributed by atoms with E-state index in [2.05, 4.69) is 12.2 Å². The molecule has 1 saturated heterocycles. The van der Waals surface area contributed by atoms with Crippen molar-refractivity contribution in [2.45, 2.75) is 50.5 Å². The van der Waals surface area contributed by atoms with E-state index in [-0.39, 0.29) is 17.0 Å². The van der Waals surface area contributed by atoms with Crippen LogP contribution in [0.25, 0.3) is 0 Å². The molecule has 1 heterocycles. The number of piperidine rings is 1. The SMILES string of the molecule is CCCCOc1ccc(CNC(=O)c2ccccc2S(=O)(=O)N2CCCCC2)cc1OC. The van der Waals surface area contributed by atoms with Crippen molar-refractivity contribution in [1.29, 1.82) is 0 Å². The van der Waals surface area contributed by atoms with Gasteiger partial charge in [-0.05, 0) is 49.1 Å². The second-order valence-electron chi connectivity index (χ2n) is 7.83. The van der Waals surface area contributed by atoms with E-state index < -0.39 is 15.9 Å². The molecule has 0 aromatic heterocycles. The first-order chi connectivity index (χ1) is 15.5. The maximum atomic E-state index is 13.1. The summed E-state index contributed by atoms with van der Waals surface area (Å²) < 4.78 is 38.9. The van der Waals surface area contributed by atoms with Crippen LogP contribution in [0, 0.1) is 0 Å². The average molecular weight is 461 g/mol. The highest BCUT2D eigenvalue weighted by Crippen LogP contribution is 2.28. The van der Waals surface area contributed by atoms with Crippen LogP contribution in [0.3, 0.4) is 0 Å². The molecule has 2 aromatic rings. The standard InChI is InChI=1S/C24H32N2O5S/c1-3-4-16-31-21-13-12-19(17-22(21)30-2)18-25-24(27)20-10-6-7-11-23(20)32(28,29)26-14-8-5-9-15-26/h6-7,10-13,17H,3-5,8-9,14-16,18H2,1-2H3,(H,25,27). The number of nitrogens with zero attached hydrogens (tertiary/aromatic N) is 1. The number of hydrogen-bond donors (Lipinski definition) is 1. The number of nitrogens with one attached hydrogen (secondary N) is 1. The highest BCUT2D eigenvalue weighted by Gasteiger charge is 2.29. The quantitative estimate of drug-likeness (QED) is 0.542. The molecule has 1 aliphatic heterocycles. The molecule has 174 valence electrons. The van der Waals surface area contributed by atoms with E-state index in [0.717, 1.165) is 37.7 Å². The molecule has 0 bridgehead atoms. The van der Waals surface area contributed by atoms with Crippen LogP contribution in [0.2, 0.25) is 0 Å². The van der Waals surface area contributed by atoms with Gasteiger partial charge < -0.3 is 14.8 Å². The van der Waals surface area contributed by atoms with E-state index >= 15 is 0 Å². The van der Waals surface area contributed by atoms with Gasteiger partial charge in [-0.25, -0.2) is 8.42 Å². The van der Waals surface area contributed by atoms with Crippen molar-refractivity contribution in [3.63, 3.8) is 0 Å². The van der Waals surface area contributed by atoms with E-state index in [0.29, 0.717) is 31.2 Å². The summed E-state index contributed by atoms with van der Waals surface area (Å²) in [6.45, 7) is 3.94. The lowest BCUT2D eigenvalue weighted by Crippen LogP contribution is -2.37. The Morgan fingerprint density at radius 2 is 1.81 bits per heavy atom. The topological polar surface area (TPSA) is 84.9 Å². The molecule has 0 saturated carbocycles. The molecule has 7 nitrogen and oxygen atoms in total. The number of benzene rings is 2. The fourth-order valence-corrected chi connectivity index (χ4v) is 5.38. The summed E-state index contributed by atoms with van der Waals surface area (Å²) in [6, 6.07) is 11.9. The average Bonchev–Trinajstić information content (AvgIpc) is 2.83. The van der Waals surface area contributed by atoms with Gasteiger partial charge in [0.1, 0.15) is 0 Å². The van der Waals surface area contributed by atoms with E-state index in [1.165, 1.54) is 10.4 Å². The Hall–Kier alpha value is -2.58. The van der Waals surface area contributed by atoms with Gasteiger partial charge in [-0.3, -0.25) is 4.79 Å². The van der Waals surface area contributed by atoms with Crippen molar-refractivity contribution in [3.8, 4) is 11.5 Å². The fraction of sp³-hybridized carbons (Fsp3) is 0.458. The molecule has 0 radical (unpaired) electrons. The second kappa shape index (κ2) is 11.3. The molecule has 1 N–H and O–H groups in total. The number of methoxy groups -OCH3 is 1. The normalized spacial score (nSPS) is 14.7. The number of sulfonamides is 1. The van der Waals surface area contributed by atoms with Crippen molar-refractivity contribution in [2.24, 2.45) is 0 Å². The lowest BCUT2D eigenvalue weighted by molar-refractivity contribution is 0.0947. The van der Waals surface area contributed by atoms with E-state index in [1.807, 2.05) is 18.2 Å². The summed E-state index contributed by atoms with van der Waals surface area (Å²) in [5.74, 6) is 0.832. The first-order valence-electron chi connectivity index (χ1n) is 11.1. The summed E-state index contributed by atoms with van der Waals surface area (Å²) in [5.41, 5.74) is 0.985. The highest BCUT2D eigenvalue weighted by molar-refractivity contribution is 7.89. The van der Waals surface area contributed by atoms with Crippen molar-refractivity contribution >= 4 is 15.9 Å². The molecule has 32 heavy (non-hydrogen) atoms. The van der Waals surface area contributed by atoms with Crippen LogP contribution >= 0.6 is 0 Å². The Labute approximate surface area is 190 Å². The second-order valence-corrected chi connectivity index (χ2v) is 9.74. The summed E-state index contributed by atoms with van der Waals surface area (Å²) >= 11 is 0. The van der Waals surface area contributed by atoms with Crippen LogP contribution in [0.15, 0.2) is 47.4 Å². The van der Waals surface area contributed by atoms with Crippen LogP contribution in [0.5, 0.6) is 11.5 Å². The maximum absolute atomic E-state index is 13.1. The van der Waals surface area contributed by atoms with Crippen LogP contribution in [-0.4, -0.2) is 45.4 Å². The number of amides is 1. The smallest absolute Gasteiger partial charge is 0.252 e. The van der Waals surface area contributed by atoms with Gasteiger partial charge >= 0.3 is 0 Å². The maximum Gasteiger partial charge on any atom is 0.252 e. The summed E-state index contributed by atoms with van der Waals surface area (Å²) in [7, 11) is -2.14. The molecule has 1 amide bonds.